The highest BCUT2D eigenvalue weighted by Gasteiger charge is 2.42. The third kappa shape index (κ3) is 7.44. The van der Waals surface area contributed by atoms with E-state index in [1.54, 1.807) is 10.8 Å². The number of hydrogen-bond donors (Lipinski definition) is 0. The fourth-order valence-corrected chi connectivity index (χ4v) is 15.2. The molecule has 0 spiro atoms. The molecule has 0 saturated carbocycles. The molecule has 0 fully saturated rings. The average Bonchev–Trinajstić information content (AvgIpc) is 3.91. The minimum atomic E-state index is -1.55. The van der Waals surface area contributed by atoms with Gasteiger partial charge in [0, 0.05) is 41.6 Å². The maximum Gasteiger partial charge on any atom is 0.0783 e. The van der Waals surface area contributed by atoms with Crippen LogP contribution < -0.4 is 5.19 Å². The van der Waals surface area contributed by atoms with E-state index in [1.165, 1.54) is 77.9 Å². The third-order valence-electron chi connectivity index (χ3n) is 14.8. The SMILES string of the molecule is CC1=Cc2c(C)cccc2C1CC(CCC(CC1C(C)=Cc2c1cccc2[Si](C)(C)C)C1c2cc(Br)ccc2-c2ccc(Br)cc21)C1c2cc(Br)ccc2-c2ccc(Br)cc21. The van der Waals surface area contributed by atoms with E-state index in [1.807, 2.05) is 0 Å². The smallest absolute Gasteiger partial charge is 0.0656 e. The van der Waals surface area contributed by atoms with Gasteiger partial charge in [-0.2, -0.15) is 0 Å². The molecule has 0 bridgehead atoms. The molecular weight excluding hydrogens is 1020 g/mol. The topological polar surface area (TPSA) is 0 Å². The van der Waals surface area contributed by atoms with Crippen LogP contribution in [-0.2, 0) is 0 Å². The van der Waals surface area contributed by atoms with Gasteiger partial charge in [-0.05, 0) is 179 Å². The lowest BCUT2D eigenvalue weighted by Crippen LogP contribution is -2.39. The van der Waals surface area contributed by atoms with Gasteiger partial charge in [0.15, 0.2) is 0 Å². The zero-order valence-electron chi connectivity index (χ0n) is 35.9. The van der Waals surface area contributed by atoms with Crippen LogP contribution >= 0.6 is 63.7 Å². The summed E-state index contributed by atoms with van der Waals surface area (Å²) in [6.45, 7) is 14.6. The Kier molecular flexibility index (Phi) is 11.1. The zero-order chi connectivity index (χ0) is 42.5. The van der Waals surface area contributed by atoms with Crippen LogP contribution in [-0.4, -0.2) is 8.07 Å². The number of allylic oxidation sites excluding steroid dienone is 2. The van der Waals surface area contributed by atoms with Crippen molar-refractivity contribution >= 4 is 89.1 Å². The van der Waals surface area contributed by atoms with E-state index in [9.17, 15) is 0 Å². The molecule has 6 aromatic rings. The lowest BCUT2D eigenvalue weighted by atomic mass is 9.70. The number of benzene rings is 6. The zero-order valence-corrected chi connectivity index (χ0v) is 43.2. The first kappa shape index (κ1) is 41.9. The summed E-state index contributed by atoms with van der Waals surface area (Å²) in [6.07, 6.45) is 9.57. The van der Waals surface area contributed by atoms with Gasteiger partial charge in [0.2, 0.25) is 0 Å². The Balaban J connectivity index is 1.11. The van der Waals surface area contributed by atoms with Gasteiger partial charge in [0.05, 0.1) is 8.07 Å². The molecule has 10 rings (SSSR count). The second kappa shape index (κ2) is 16.2. The molecule has 0 radical (unpaired) electrons. The van der Waals surface area contributed by atoms with E-state index >= 15 is 0 Å². The van der Waals surface area contributed by atoms with Crippen LogP contribution in [0.1, 0.15) is 113 Å². The van der Waals surface area contributed by atoms with E-state index in [0.717, 1.165) is 43.6 Å². The van der Waals surface area contributed by atoms with Gasteiger partial charge in [0.1, 0.15) is 0 Å². The molecule has 4 aliphatic rings. The molecule has 0 heterocycles. The van der Waals surface area contributed by atoms with Crippen LogP contribution in [0.15, 0.2) is 138 Å². The van der Waals surface area contributed by atoms with Crippen molar-refractivity contribution in [2.45, 2.75) is 89.8 Å². The predicted octanol–water partition coefficient (Wildman–Crippen LogP) is 17.7. The Labute approximate surface area is 397 Å². The minimum absolute atomic E-state index is 0.292. The van der Waals surface area contributed by atoms with Gasteiger partial charge in [0.25, 0.3) is 0 Å². The van der Waals surface area contributed by atoms with E-state index in [4.69, 9.17) is 0 Å². The Morgan fingerprint density at radius 3 is 1.25 bits per heavy atom. The average molecular weight is 1070 g/mol. The van der Waals surface area contributed by atoms with E-state index in [2.05, 4.69) is 225 Å². The molecule has 4 atom stereocenters. The van der Waals surface area contributed by atoms with Crippen molar-refractivity contribution in [1.29, 1.82) is 0 Å². The maximum absolute atomic E-state index is 3.94. The lowest BCUT2D eigenvalue weighted by Gasteiger charge is -2.34. The normalized spacial score (nSPS) is 18.5. The minimum Gasteiger partial charge on any atom is -0.0656 e. The monoisotopic (exact) mass is 1070 g/mol. The summed E-state index contributed by atoms with van der Waals surface area (Å²) in [7, 11) is -1.55. The number of aryl methyl sites for hydroxylation is 1. The Bertz CT molecular complexity index is 2720. The van der Waals surface area contributed by atoms with Crippen LogP contribution in [0.25, 0.3) is 34.4 Å². The van der Waals surface area contributed by atoms with Crippen molar-refractivity contribution in [3.8, 4) is 22.3 Å². The van der Waals surface area contributed by atoms with Gasteiger partial charge in [-0.15, -0.1) is 0 Å². The Morgan fingerprint density at radius 1 is 0.459 bits per heavy atom. The molecule has 5 heteroatoms. The molecule has 0 N–H and O–H groups in total. The summed E-state index contributed by atoms with van der Waals surface area (Å²) in [4.78, 5) is 0. The lowest BCUT2D eigenvalue weighted by molar-refractivity contribution is 0.309. The molecule has 4 unspecified atom stereocenters. The first-order chi connectivity index (χ1) is 29.2. The second-order valence-electron chi connectivity index (χ2n) is 19.5. The van der Waals surface area contributed by atoms with Crippen LogP contribution in [0.4, 0.5) is 0 Å². The summed E-state index contributed by atoms with van der Waals surface area (Å²) in [5, 5.41) is 1.60. The van der Waals surface area contributed by atoms with Crippen LogP contribution in [0.3, 0.4) is 0 Å². The van der Waals surface area contributed by atoms with Crippen LogP contribution in [0.5, 0.6) is 0 Å². The van der Waals surface area contributed by atoms with Gasteiger partial charge in [-0.3, -0.25) is 0 Å². The number of halogens is 4. The number of rotatable bonds is 10. The second-order valence-corrected chi connectivity index (χ2v) is 28.2. The first-order valence-electron chi connectivity index (χ1n) is 22.0. The quantitative estimate of drug-likeness (QED) is 0.120. The van der Waals surface area contributed by atoms with Crippen molar-refractivity contribution in [2.75, 3.05) is 0 Å². The molecule has 308 valence electrons. The van der Waals surface area contributed by atoms with Crippen molar-refractivity contribution in [3.05, 3.63) is 188 Å². The highest BCUT2D eigenvalue weighted by atomic mass is 79.9. The fourth-order valence-electron chi connectivity index (χ4n) is 12.0. The first-order valence-corrected chi connectivity index (χ1v) is 28.7. The standard InChI is InChI=1S/C56H52Br4Si/c1-31-9-7-10-40-46(31)23-32(2)47(40)25-34(55-50-27-36(57)15-19-42(50)43-20-16-37(58)28-51(43)55)13-14-35(26-48-33(3)24-49-41(48)11-8-12-54(49)61(4,5)6)56-52-29-38(59)17-21-44(52)45-22-18-39(60)30-53(45)56/h7-12,15-24,27-30,34-35,47-48,55-56H,13-14,25-26H2,1-6H3. The summed E-state index contributed by atoms with van der Waals surface area (Å²) >= 11 is 15.7. The number of hydrogen-bond acceptors (Lipinski definition) is 0. The summed E-state index contributed by atoms with van der Waals surface area (Å²) in [5.74, 6) is 2.22. The van der Waals surface area contributed by atoms with E-state index in [-0.39, 0.29) is 0 Å². The van der Waals surface area contributed by atoms with Crippen molar-refractivity contribution < 1.29 is 0 Å². The summed E-state index contributed by atoms with van der Waals surface area (Å²) in [5.41, 5.74) is 21.9. The van der Waals surface area contributed by atoms with Gasteiger partial charge >= 0.3 is 0 Å². The molecule has 6 aromatic carbocycles. The Morgan fingerprint density at radius 2 is 0.836 bits per heavy atom. The van der Waals surface area contributed by atoms with Crippen molar-refractivity contribution in [3.63, 3.8) is 0 Å². The molecule has 0 nitrogen and oxygen atoms in total. The van der Waals surface area contributed by atoms with Crippen molar-refractivity contribution in [1.82, 2.24) is 0 Å². The van der Waals surface area contributed by atoms with E-state index in [0.29, 0.717) is 35.5 Å². The van der Waals surface area contributed by atoms with Crippen LogP contribution in [0, 0.1) is 18.8 Å². The predicted molar refractivity (Wildman–Crippen MR) is 277 cm³/mol. The number of fused-ring (bicyclic) bond motifs is 8. The van der Waals surface area contributed by atoms with Gasteiger partial charge in [-0.25, -0.2) is 0 Å². The molecule has 0 amide bonds. The molecule has 0 saturated heterocycles. The van der Waals surface area contributed by atoms with Crippen molar-refractivity contribution in [2.24, 2.45) is 11.8 Å². The Hall–Kier alpha value is -3.06. The van der Waals surface area contributed by atoms with Gasteiger partial charge < -0.3 is 0 Å². The van der Waals surface area contributed by atoms with E-state index < -0.39 is 8.07 Å². The molecule has 61 heavy (non-hydrogen) atoms. The molecule has 0 aromatic heterocycles. The molecule has 0 aliphatic heterocycles. The molecule has 4 aliphatic carbocycles. The van der Waals surface area contributed by atoms with Gasteiger partial charge in [-0.1, -0.05) is 173 Å². The summed E-state index contributed by atoms with van der Waals surface area (Å²) in [6, 6.07) is 42.3. The highest BCUT2D eigenvalue weighted by Crippen LogP contribution is 2.58. The fraction of sp³-hybridized carbons (Fsp3) is 0.286. The molecular formula is C56H52Br4Si. The largest absolute Gasteiger partial charge is 0.0783 e. The summed E-state index contributed by atoms with van der Waals surface area (Å²) < 4.78 is 4.64. The van der Waals surface area contributed by atoms with Crippen LogP contribution in [0.2, 0.25) is 19.6 Å². The maximum atomic E-state index is 3.94. The highest BCUT2D eigenvalue weighted by molar-refractivity contribution is 9.11. The third-order valence-corrected chi connectivity index (χ3v) is 18.8.